The van der Waals surface area contributed by atoms with Gasteiger partial charge in [0.15, 0.2) is 12.6 Å². The Morgan fingerprint density at radius 3 is 1.72 bits per heavy atom. The number of carboxylic acid groups (broad SMARTS) is 1. The molecule has 0 aliphatic carbocycles. The lowest BCUT2D eigenvalue weighted by Crippen LogP contribution is -2.65. The first-order valence-corrected chi connectivity index (χ1v) is 17.1. The van der Waals surface area contributed by atoms with Gasteiger partial charge in [-0.25, -0.2) is 0 Å². The van der Waals surface area contributed by atoms with Crippen molar-refractivity contribution in [2.24, 2.45) is 0 Å². The zero-order valence-electron chi connectivity index (χ0n) is 27.7. The van der Waals surface area contributed by atoms with Crippen LogP contribution in [-0.2, 0) is 33.3 Å². The van der Waals surface area contributed by atoms with Crippen LogP contribution in [-0.4, -0.2) is 140 Å². The number of carboxylic acids is 1. The highest BCUT2D eigenvalue weighted by Gasteiger charge is 2.51. The summed E-state index contributed by atoms with van der Waals surface area (Å²) in [4.78, 5) is 24.5. The second kappa shape index (κ2) is 22.3. The lowest BCUT2D eigenvalue weighted by Gasteiger charge is -2.46. The van der Waals surface area contributed by atoms with Gasteiger partial charge >= 0.3 is 11.9 Å². The molecule has 0 aromatic rings. The second-order valence-electron chi connectivity index (χ2n) is 12.6. The Morgan fingerprint density at radius 2 is 1.17 bits per heavy atom. The Balaban J connectivity index is 2.10. The van der Waals surface area contributed by atoms with E-state index in [0.29, 0.717) is 19.3 Å². The predicted octanol–water partition coefficient (Wildman–Crippen LogP) is 0.493. The van der Waals surface area contributed by atoms with Crippen molar-refractivity contribution < 1.29 is 74.1 Å². The van der Waals surface area contributed by atoms with E-state index in [1.165, 1.54) is 0 Å². The van der Waals surface area contributed by atoms with Crippen molar-refractivity contribution in [2.45, 2.75) is 177 Å². The number of aliphatic hydroxyl groups excluding tert-OH is 7. The van der Waals surface area contributed by atoms with Crippen molar-refractivity contribution in [3.8, 4) is 0 Å². The number of unbranched alkanes of at least 4 members (excludes halogenated alkanes) is 8. The molecule has 15 heteroatoms. The summed E-state index contributed by atoms with van der Waals surface area (Å²) in [6.07, 6.45) is -8.12. The molecule has 0 amide bonds. The van der Waals surface area contributed by atoms with Crippen LogP contribution in [0.3, 0.4) is 0 Å². The Bertz CT molecular complexity index is 873. The average molecular weight is 683 g/mol. The molecule has 2 saturated heterocycles. The standard InChI is InChI=1S/C32H58O15/c1-3-5-7-9-11-13-19(15-23(35)36)43-24(37)16-20(14-12-10-8-6-4-2)44-31-29(42)27(40)30(22(18-34)46-31)47-32-28(41)26(39)25(38)21(17-33)45-32/h19-22,25-34,38-42H,3-18H2,1-2H3,(H,35,36)/t19?,20?,21?,22?,25-,26?,27?,28?,29?,30?,31?,32-/m0/s1. The summed E-state index contributed by atoms with van der Waals surface area (Å²) in [5.41, 5.74) is 0. The summed E-state index contributed by atoms with van der Waals surface area (Å²) in [7, 11) is 0. The zero-order chi connectivity index (χ0) is 34.9. The van der Waals surface area contributed by atoms with E-state index >= 15 is 0 Å². The highest BCUT2D eigenvalue weighted by molar-refractivity contribution is 5.72. The van der Waals surface area contributed by atoms with Gasteiger partial charge in [0.25, 0.3) is 0 Å². The molecule has 0 aromatic heterocycles. The summed E-state index contributed by atoms with van der Waals surface area (Å²) >= 11 is 0. The minimum atomic E-state index is -1.80. The number of aliphatic carboxylic acids is 1. The third kappa shape index (κ3) is 13.7. The molecule has 2 heterocycles. The van der Waals surface area contributed by atoms with Crippen LogP contribution in [0.1, 0.15) is 104 Å². The fourth-order valence-corrected chi connectivity index (χ4v) is 5.84. The van der Waals surface area contributed by atoms with Crippen LogP contribution in [0.4, 0.5) is 0 Å². The molecule has 0 saturated carbocycles. The molecule has 0 aromatic carbocycles. The molecule has 0 radical (unpaired) electrons. The molecule has 10 unspecified atom stereocenters. The SMILES string of the molecule is CCCCCCCC(CC(=O)O)OC(=O)CC(CCCCCCC)OC1OC(CO)C(O[C@@H]2OC(CO)[C@H](O)C(O)C2O)C(O)C1O. The van der Waals surface area contributed by atoms with E-state index in [4.69, 9.17) is 23.7 Å². The van der Waals surface area contributed by atoms with Crippen molar-refractivity contribution in [2.75, 3.05) is 13.2 Å². The normalized spacial score (nSPS) is 32.5. The smallest absolute Gasteiger partial charge is 0.308 e. The van der Waals surface area contributed by atoms with Gasteiger partial charge in [-0.3, -0.25) is 9.59 Å². The first-order valence-electron chi connectivity index (χ1n) is 17.1. The quantitative estimate of drug-likeness (QED) is 0.0540. The van der Waals surface area contributed by atoms with Gasteiger partial charge in [-0.2, -0.15) is 0 Å². The number of esters is 1. The molecule has 47 heavy (non-hydrogen) atoms. The average Bonchev–Trinajstić information content (AvgIpc) is 3.03. The summed E-state index contributed by atoms with van der Waals surface area (Å²) in [5, 5.41) is 81.3. The van der Waals surface area contributed by atoms with E-state index in [9.17, 15) is 50.4 Å². The Hall–Kier alpha value is -1.50. The summed E-state index contributed by atoms with van der Waals surface area (Å²) < 4.78 is 28.2. The molecular formula is C32H58O15. The van der Waals surface area contributed by atoms with Gasteiger partial charge in [-0.1, -0.05) is 71.6 Å². The highest BCUT2D eigenvalue weighted by Crippen LogP contribution is 2.31. The molecule has 15 nitrogen and oxygen atoms in total. The van der Waals surface area contributed by atoms with E-state index in [1.807, 2.05) is 0 Å². The van der Waals surface area contributed by atoms with E-state index < -0.39 is 98.8 Å². The zero-order valence-corrected chi connectivity index (χ0v) is 27.7. The lowest BCUT2D eigenvalue weighted by molar-refractivity contribution is -0.362. The van der Waals surface area contributed by atoms with Gasteiger partial charge in [0.1, 0.15) is 54.9 Å². The van der Waals surface area contributed by atoms with Crippen LogP contribution in [0.2, 0.25) is 0 Å². The van der Waals surface area contributed by atoms with Crippen molar-refractivity contribution >= 4 is 11.9 Å². The third-order valence-electron chi connectivity index (χ3n) is 8.64. The maximum atomic E-state index is 13.0. The van der Waals surface area contributed by atoms with Crippen molar-refractivity contribution in [1.29, 1.82) is 0 Å². The maximum absolute atomic E-state index is 13.0. The Morgan fingerprint density at radius 1 is 0.638 bits per heavy atom. The number of rotatable bonds is 23. The van der Waals surface area contributed by atoms with E-state index in [-0.39, 0.29) is 12.8 Å². The summed E-state index contributed by atoms with van der Waals surface area (Å²) in [6, 6.07) is 0. The molecule has 2 fully saturated rings. The van der Waals surface area contributed by atoms with Crippen LogP contribution >= 0.6 is 0 Å². The summed E-state index contributed by atoms with van der Waals surface area (Å²) in [6.45, 7) is 2.73. The summed E-state index contributed by atoms with van der Waals surface area (Å²) in [5.74, 6) is -1.75. The molecule has 0 bridgehead atoms. The molecule has 0 spiro atoms. The van der Waals surface area contributed by atoms with Crippen LogP contribution in [0.15, 0.2) is 0 Å². The number of hydrogen-bond acceptors (Lipinski definition) is 14. The van der Waals surface area contributed by atoms with Crippen molar-refractivity contribution in [1.82, 2.24) is 0 Å². The number of ether oxygens (including phenoxy) is 5. The van der Waals surface area contributed by atoms with Gasteiger partial charge < -0.3 is 64.5 Å². The molecule has 2 rings (SSSR count). The van der Waals surface area contributed by atoms with Crippen molar-refractivity contribution in [3.05, 3.63) is 0 Å². The first-order chi connectivity index (χ1) is 22.5. The van der Waals surface area contributed by atoms with Gasteiger partial charge in [0.2, 0.25) is 0 Å². The third-order valence-corrected chi connectivity index (χ3v) is 8.64. The number of aliphatic hydroxyl groups is 7. The largest absolute Gasteiger partial charge is 0.481 e. The Labute approximate surface area is 276 Å². The fraction of sp³-hybridized carbons (Fsp3) is 0.938. The highest BCUT2D eigenvalue weighted by atomic mass is 16.7. The maximum Gasteiger partial charge on any atom is 0.308 e. The fourth-order valence-electron chi connectivity index (χ4n) is 5.84. The Kier molecular flexibility index (Phi) is 19.7. The molecule has 8 N–H and O–H groups in total. The second-order valence-corrected chi connectivity index (χ2v) is 12.6. The predicted molar refractivity (Wildman–Crippen MR) is 165 cm³/mol. The van der Waals surface area contributed by atoms with Gasteiger partial charge in [-0.05, 0) is 19.3 Å². The van der Waals surface area contributed by atoms with Crippen LogP contribution in [0.25, 0.3) is 0 Å². The number of hydrogen-bond donors (Lipinski definition) is 8. The van der Waals surface area contributed by atoms with Crippen molar-refractivity contribution in [3.63, 3.8) is 0 Å². The van der Waals surface area contributed by atoms with Gasteiger partial charge in [0, 0.05) is 0 Å². The van der Waals surface area contributed by atoms with Crippen LogP contribution in [0, 0.1) is 0 Å². The molecule has 276 valence electrons. The van der Waals surface area contributed by atoms with E-state index in [1.54, 1.807) is 0 Å². The molecule has 2 aliphatic rings. The topological polar surface area (TPSA) is 242 Å². The monoisotopic (exact) mass is 682 g/mol. The van der Waals surface area contributed by atoms with Gasteiger partial charge in [-0.15, -0.1) is 0 Å². The van der Waals surface area contributed by atoms with E-state index in [0.717, 1.165) is 57.8 Å². The van der Waals surface area contributed by atoms with Gasteiger partial charge in [0.05, 0.1) is 32.2 Å². The molecule has 12 atom stereocenters. The first kappa shape index (κ1) is 41.7. The minimum Gasteiger partial charge on any atom is -0.481 e. The minimum absolute atomic E-state index is 0.267. The van der Waals surface area contributed by atoms with Crippen LogP contribution < -0.4 is 0 Å². The number of carbonyl (C=O) groups is 2. The van der Waals surface area contributed by atoms with E-state index in [2.05, 4.69) is 13.8 Å². The number of carbonyl (C=O) groups excluding carboxylic acids is 1. The molecular weight excluding hydrogens is 624 g/mol. The van der Waals surface area contributed by atoms with Crippen LogP contribution in [0.5, 0.6) is 0 Å². The molecule has 2 aliphatic heterocycles. The lowest BCUT2D eigenvalue weighted by atomic mass is 9.97.